The normalized spacial score (nSPS) is 13.9. The molecule has 1 aromatic carbocycles. The molecule has 0 atom stereocenters. The van der Waals surface area contributed by atoms with E-state index < -0.39 is 0 Å². The van der Waals surface area contributed by atoms with Crippen LogP contribution in [0.5, 0.6) is 5.75 Å². The van der Waals surface area contributed by atoms with Crippen LogP contribution in [0.15, 0.2) is 35.7 Å². The van der Waals surface area contributed by atoms with E-state index in [9.17, 15) is 4.79 Å². The first-order valence-corrected chi connectivity index (χ1v) is 8.53. The molecule has 0 saturated heterocycles. The van der Waals surface area contributed by atoms with Crippen LogP contribution in [0.25, 0.3) is 0 Å². The summed E-state index contributed by atoms with van der Waals surface area (Å²) in [5.74, 6) is 0.886. The van der Waals surface area contributed by atoms with Gasteiger partial charge in [0.2, 0.25) is 0 Å². The molecule has 1 amide bonds. The summed E-state index contributed by atoms with van der Waals surface area (Å²) in [7, 11) is 0. The highest BCUT2D eigenvalue weighted by Gasteiger charge is 2.32. The summed E-state index contributed by atoms with van der Waals surface area (Å²) in [4.78, 5) is 15.7. The molecule has 4 heteroatoms. The molecule has 0 unspecified atom stereocenters. The largest absolute Gasteiger partial charge is 0.483 e. The van der Waals surface area contributed by atoms with Gasteiger partial charge in [-0.05, 0) is 55.3 Å². The highest BCUT2D eigenvalue weighted by Crippen LogP contribution is 2.29. The average molecular weight is 315 g/mol. The summed E-state index contributed by atoms with van der Waals surface area (Å²) in [6, 6.07) is 10.6. The van der Waals surface area contributed by atoms with Crippen molar-refractivity contribution in [3.8, 4) is 5.75 Å². The molecule has 22 heavy (non-hydrogen) atoms. The fraction of sp³-hybridized carbons (Fsp3) is 0.389. The van der Waals surface area contributed by atoms with Crippen LogP contribution in [-0.2, 0) is 11.3 Å². The van der Waals surface area contributed by atoms with Gasteiger partial charge in [0, 0.05) is 10.9 Å². The zero-order valence-electron chi connectivity index (χ0n) is 13.0. The first-order valence-electron chi connectivity index (χ1n) is 7.65. The van der Waals surface area contributed by atoms with Gasteiger partial charge in [-0.1, -0.05) is 18.2 Å². The highest BCUT2D eigenvalue weighted by atomic mass is 32.1. The van der Waals surface area contributed by atoms with Gasteiger partial charge in [-0.25, -0.2) is 0 Å². The van der Waals surface area contributed by atoms with Gasteiger partial charge in [0.05, 0.1) is 6.54 Å². The summed E-state index contributed by atoms with van der Waals surface area (Å²) < 4.78 is 5.77. The lowest BCUT2D eigenvalue weighted by Crippen LogP contribution is -2.36. The van der Waals surface area contributed by atoms with Gasteiger partial charge in [-0.15, -0.1) is 11.3 Å². The molecule has 1 aliphatic carbocycles. The molecule has 3 rings (SSSR count). The fourth-order valence-corrected chi connectivity index (χ4v) is 3.17. The van der Waals surface area contributed by atoms with Crippen LogP contribution in [0, 0.1) is 13.8 Å². The van der Waals surface area contributed by atoms with Crippen molar-refractivity contribution >= 4 is 17.2 Å². The van der Waals surface area contributed by atoms with Crippen molar-refractivity contribution in [2.24, 2.45) is 0 Å². The fourth-order valence-electron chi connectivity index (χ4n) is 2.46. The lowest BCUT2D eigenvalue weighted by atomic mass is 10.1. The summed E-state index contributed by atoms with van der Waals surface area (Å²) in [5, 5.41) is 2.05. The van der Waals surface area contributed by atoms with Crippen LogP contribution in [0.1, 0.15) is 28.8 Å². The predicted molar refractivity (Wildman–Crippen MR) is 89.3 cm³/mol. The summed E-state index contributed by atoms with van der Waals surface area (Å²) in [5.41, 5.74) is 2.21. The standard InChI is InChI=1S/C18H21NO2S/c1-13-5-6-14(2)17(10-13)21-12-18(20)19(15-7-8-15)11-16-4-3-9-22-16/h3-6,9-10,15H,7-8,11-12H2,1-2H3. The first-order chi connectivity index (χ1) is 10.6. The highest BCUT2D eigenvalue weighted by molar-refractivity contribution is 7.09. The minimum atomic E-state index is 0.0804. The number of carbonyl (C=O) groups excluding carboxylic acids is 1. The number of nitrogens with zero attached hydrogens (tertiary/aromatic N) is 1. The Morgan fingerprint density at radius 2 is 2.14 bits per heavy atom. The Labute approximate surface area is 135 Å². The van der Waals surface area contributed by atoms with E-state index in [0.29, 0.717) is 12.6 Å². The molecule has 0 spiro atoms. The topological polar surface area (TPSA) is 29.5 Å². The number of ether oxygens (including phenoxy) is 1. The van der Waals surface area contributed by atoms with E-state index >= 15 is 0 Å². The zero-order valence-corrected chi connectivity index (χ0v) is 13.9. The lowest BCUT2D eigenvalue weighted by Gasteiger charge is -2.22. The van der Waals surface area contributed by atoms with Crippen molar-refractivity contribution < 1.29 is 9.53 Å². The molecule has 116 valence electrons. The number of thiophene rings is 1. The summed E-state index contributed by atoms with van der Waals surface area (Å²) in [6.45, 7) is 4.86. The average Bonchev–Trinajstić information content (AvgIpc) is 3.21. The molecule has 0 radical (unpaired) electrons. The van der Waals surface area contributed by atoms with Gasteiger partial charge in [-0.2, -0.15) is 0 Å². The molecule has 1 fully saturated rings. The Morgan fingerprint density at radius 1 is 1.32 bits per heavy atom. The molecule has 1 aromatic heterocycles. The second-order valence-electron chi connectivity index (χ2n) is 5.89. The monoisotopic (exact) mass is 315 g/mol. The lowest BCUT2D eigenvalue weighted by molar-refractivity contribution is -0.134. The van der Waals surface area contributed by atoms with Crippen LogP contribution in [0.2, 0.25) is 0 Å². The molecule has 0 bridgehead atoms. The quantitative estimate of drug-likeness (QED) is 0.808. The zero-order chi connectivity index (χ0) is 15.5. The van der Waals surface area contributed by atoms with Crippen LogP contribution >= 0.6 is 11.3 Å². The Balaban J connectivity index is 1.63. The Kier molecular flexibility index (Phi) is 4.48. The molecule has 3 nitrogen and oxygen atoms in total. The second kappa shape index (κ2) is 6.53. The minimum Gasteiger partial charge on any atom is -0.483 e. The Morgan fingerprint density at radius 3 is 2.82 bits per heavy atom. The first kappa shape index (κ1) is 15.1. The molecule has 0 aliphatic heterocycles. The van der Waals surface area contributed by atoms with E-state index in [4.69, 9.17) is 4.74 Å². The van der Waals surface area contributed by atoms with Crippen molar-refractivity contribution in [3.05, 3.63) is 51.7 Å². The molecular formula is C18H21NO2S. The van der Waals surface area contributed by atoms with Crippen molar-refractivity contribution in [2.75, 3.05) is 6.61 Å². The van der Waals surface area contributed by atoms with Crippen LogP contribution < -0.4 is 4.74 Å². The molecule has 0 N–H and O–H groups in total. The minimum absolute atomic E-state index is 0.0804. The molecule has 1 aliphatic rings. The van der Waals surface area contributed by atoms with E-state index in [1.807, 2.05) is 36.9 Å². The third-order valence-electron chi connectivity index (χ3n) is 3.91. The summed E-state index contributed by atoms with van der Waals surface area (Å²) >= 11 is 1.70. The molecular weight excluding hydrogens is 294 g/mol. The van der Waals surface area contributed by atoms with E-state index in [1.54, 1.807) is 11.3 Å². The van der Waals surface area contributed by atoms with Gasteiger partial charge in [0.25, 0.3) is 5.91 Å². The van der Waals surface area contributed by atoms with Crippen LogP contribution in [0.4, 0.5) is 0 Å². The smallest absolute Gasteiger partial charge is 0.261 e. The Bertz CT molecular complexity index is 647. The molecule has 1 heterocycles. The third kappa shape index (κ3) is 3.69. The van der Waals surface area contributed by atoms with Crippen LogP contribution in [0.3, 0.4) is 0 Å². The van der Waals surface area contributed by atoms with E-state index in [2.05, 4.69) is 17.5 Å². The van der Waals surface area contributed by atoms with Crippen molar-refractivity contribution in [3.63, 3.8) is 0 Å². The van der Waals surface area contributed by atoms with E-state index in [0.717, 1.165) is 29.7 Å². The number of aryl methyl sites for hydroxylation is 2. The number of hydrogen-bond acceptors (Lipinski definition) is 3. The van der Waals surface area contributed by atoms with E-state index in [1.165, 1.54) is 4.88 Å². The van der Waals surface area contributed by atoms with Gasteiger partial charge >= 0.3 is 0 Å². The van der Waals surface area contributed by atoms with Gasteiger partial charge in [0.1, 0.15) is 5.75 Å². The maximum atomic E-state index is 12.5. The number of hydrogen-bond donors (Lipinski definition) is 0. The van der Waals surface area contributed by atoms with Crippen LogP contribution in [-0.4, -0.2) is 23.5 Å². The predicted octanol–water partition coefficient (Wildman–Crippen LogP) is 3.93. The number of benzene rings is 1. The number of rotatable bonds is 6. The SMILES string of the molecule is Cc1ccc(C)c(OCC(=O)N(Cc2cccs2)C2CC2)c1. The third-order valence-corrected chi connectivity index (χ3v) is 4.77. The Hall–Kier alpha value is -1.81. The second-order valence-corrected chi connectivity index (χ2v) is 6.92. The van der Waals surface area contributed by atoms with Gasteiger partial charge in [-0.3, -0.25) is 4.79 Å². The van der Waals surface area contributed by atoms with Gasteiger partial charge in [0.15, 0.2) is 6.61 Å². The van der Waals surface area contributed by atoms with Crippen molar-refractivity contribution in [2.45, 2.75) is 39.3 Å². The van der Waals surface area contributed by atoms with Crippen molar-refractivity contribution in [1.82, 2.24) is 4.90 Å². The number of amides is 1. The maximum absolute atomic E-state index is 12.5. The van der Waals surface area contributed by atoms with E-state index in [-0.39, 0.29) is 12.5 Å². The molecule has 1 saturated carbocycles. The maximum Gasteiger partial charge on any atom is 0.261 e. The molecule has 2 aromatic rings. The van der Waals surface area contributed by atoms with Crippen molar-refractivity contribution in [1.29, 1.82) is 0 Å². The summed E-state index contributed by atoms with van der Waals surface area (Å²) in [6.07, 6.45) is 2.22. The number of carbonyl (C=O) groups is 1. The van der Waals surface area contributed by atoms with Gasteiger partial charge < -0.3 is 9.64 Å².